The fourth-order valence-corrected chi connectivity index (χ4v) is 4.02. The second-order valence-electron chi connectivity index (χ2n) is 4.56. The lowest BCUT2D eigenvalue weighted by Crippen LogP contribution is -2.31. The zero-order chi connectivity index (χ0) is 15.5. The maximum Gasteiger partial charge on any atom is 0.268 e. The van der Waals surface area contributed by atoms with E-state index in [0.717, 1.165) is 10.6 Å². The molecule has 0 aliphatic carbocycles. The average Bonchev–Trinajstić information content (AvgIpc) is 3.23. The topological polar surface area (TPSA) is 50.5 Å². The SMILES string of the molecule is C=CCN1C(=O)C(SCc2ccco2)=C(c2cccs2)C1=O. The van der Waals surface area contributed by atoms with Crippen LogP contribution in [0.4, 0.5) is 0 Å². The maximum atomic E-state index is 12.5. The molecule has 0 bridgehead atoms. The molecular formula is C16H13NO3S2. The van der Waals surface area contributed by atoms with Gasteiger partial charge in [-0.15, -0.1) is 29.7 Å². The highest BCUT2D eigenvalue weighted by molar-refractivity contribution is 8.03. The molecule has 0 atom stereocenters. The number of thioether (sulfide) groups is 1. The number of hydrogen-bond donors (Lipinski definition) is 0. The first-order valence-electron chi connectivity index (χ1n) is 6.62. The number of carbonyl (C=O) groups is 2. The zero-order valence-corrected chi connectivity index (χ0v) is 13.3. The van der Waals surface area contributed by atoms with Crippen molar-refractivity contribution < 1.29 is 14.0 Å². The van der Waals surface area contributed by atoms with E-state index in [0.29, 0.717) is 16.2 Å². The number of imide groups is 1. The zero-order valence-electron chi connectivity index (χ0n) is 11.7. The number of amides is 2. The molecular weight excluding hydrogens is 318 g/mol. The van der Waals surface area contributed by atoms with Gasteiger partial charge in [-0.25, -0.2) is 0 Å². The monoisotopic (exact) mass is 331 g/mol. The number of thiophene rings is 1. The van der Waals surface area contributed by atoms with Gasteiger partial charge in [0, 0.05) is 11.4 Å². The van der Waals surface area contributed by atoms with Crippen LogP contribution in [0.2, 0.25) is 0 Å². The van der Waals surface area contributed by atoms with Crippen molar-refractivity contribution in [2.45, 2.75) is 5.75 Å². The summed E-state index contributed by atoms with van der Waals surface area (Å²) < 4.78 is 5.29. The predicted molar refractivity (Wildman–Crippen MR) is 88.2 cm³/mol. The first-order chi connectivity index (χ1) is 10.7. The van der Waals surface area contributed by atoms with Crippen molar-refractivity contribution in [1.29, 1.82) is 0 Å². The molecule has 1 aliphatic heterocycles. The van der Waals surface area contributed by atoms with Crippen molar-refractivity contribution in [3.63, 3.8) is 0 Å². The highest BCUT2D eigenvalue weighted by atomic mass is 32.2. The predicted octanol–water partition coefficient (Wildman–Crippen LogP) is 3.54. The van der Waals surface area contributed by atoms with Gasteiger partial charge in [0.1, 0.15) is 5.76 Å². The van der Waals surface area contributed by atoms with Crippen molar-refractivity contribution in [3.8, 4) is 0 Å². The fraction of sp³-hybridized carbons (Fsp3) is 0.125. The molecule has 0 unspecified atom stereocenters. The third-order valence-electron chi connectivity index (χ3n) is 3.14. The van der Waals surface area contributed by atoms with E-state index >= 15 is 0 Å². The summed E-state index contributed by atoms with van der Waals surface area (Å²) in [5, 5.41) is 1.89. The van der Waals surface area contributed by atoms with Crippen LogP contribution in [-0.4, -0.2) is 23.3 Å². The van der Waals surface area contributed by atoms with E-state index in [4.69, 9.17) is 4.42 Å². The minimum atomic E-state index is -0.259. The molecule has 22 heavy (non-hydrogen) atoms. The second kappa shape index (κ2) is 6.37. The molecule has 0 aromatic carbocycles. The van der Waals surface area contributed by atoms with Crippen LogP contribution in [0.5, 0.6) is 0 Å². The normalized spacial score (nSPS) is 15.0. The largest absolute Gasteiger partial charge is 0.468 e. The van der Waals surface area contributed by atoms with Crippen molar-refractivity contribution in [1.82, 2.24) is 4.90 Å². The lowest BCUT2D eigenvalue weighted by molar-refractivity contribution is -0.135. The molecule has 0 spiro atoms. The van der Waals surface area contributed by atoms with Crippen LogP contribution in [0.25, 0.3) is 5.57 Å². The third-order valence-corrected chi connectivity index (χ3v) is 5.13. The Balaban J connectivity index is 1.93. The van der Waals surface area contributed by atoms with Gasteiger partial charge in [0.25, 0.3) is 11.8 Å². The third kappa shape index (κ3) is 2.67. The van der Waals surface area contributed by atoms with E-state index < -0.39 is 0 Å². The molecule has 0 fully saturated rings. The van der Waals surface area contributed by atoms with E-state index in [-0.39, 0.29) is 18.4 Å². The molecule has 6 heteroatoms. The summed E-state index contributed by atoms with van der Waals surface area (Å²) in [4.78, 5) is 27.6. The lowest BCUT2D eigenvalue weighted by Gasteiger charge is -2.11. The summed E-state index contributed by atoms with van der Waals surface area (Å²) in [6.45, 7) is 3.83. The van der Waals surface area contributed by atoms with Gasteiger partial charge < -0.3 is 4.42 Å². The molecule has 3 rings (SSSR count). The van der Waals surface area contributed by atoms with Gasteiger partial charge in [-0.3, -0.25) is 14.5 Å². The minimum absolute atomic E-state index is 0.220. The molecule has 2 aromatic heterocycles. The number of nitrogens with zero attached hydrogens (tertiary/aromatic N) is 1. The quantitative estimate of drug-likeness (QED) is 0.600. The molecule has 4 nitrogen and oxygen atoms in total. The summed E-state index contributed by atoms with van der Waals surface area (Å²) in [7, 11) is 0. The number of hydrogen-bond acceptors (Lipinski definition) is 5. The maximum absolute atomic E-state index is 12.5. The Hall–Kier alpha value is -2.05. The number of furan rings is 1. The van der Waals surface area contributed by atoms with Gasteiger partial charge in [0.2, 0.25) is 0 Å². The lowest BCUT2D eigenvalue weighted by atomic mass is 10.2. The Kier molecular flexibility index (Phi) is 4.31. The van der Waals surface area contributed by atoms with Crippen LogP contribution in [-0.2, 0) is 15.3 Å². The van der Waals surface area contributed by atoms with Gasteiger partial charge in [-0.05, 0) is 23.6 Å². The van der Waals surface area contributed by atoms with Crippen molar-refractivity contribution in [3.05, 3.63) is 64.1 Å². The van der Waals surface area contributed by atoms with E-state index in [1.165, 1.54) is 28.0 Å². The highest BCUT2D eigenvalue weighted by Gasteiger charge is 2.38. The molecule has 112 valence electrons. The first-order valence-corrected chi connectivity index (χ1v) is 8.49. The van der Waals surface area contributed by atoms with Gasteiger partial charge in [-0.1, -0.05) is 12.1 Å². The van der Waals surface area contributed by atoms with Crippen molar-refractivity contribution in [2.24, 2.45) is 0 Å². The van der Waals surface area contributed by atoms with Gasteiger partial charge in [-0.2, -0.15) is 0 Å². The summed E-state index contributed by atoms with van der Waals surface area (Å²) >= 11 is 2.79. The number of carbonyl (C=O) groups excluding carboxylic acids is 2. The second-order valence-corrected chi connectivity index (χ2v) is 6.49. The first kappa shape index (κ1) is 14.9. The molecule has 0 saturated carbocycles. The molecule has 0 radical (unpaired) electrons. The highest BCUT2D eigenvalue weighted by Crippen LogP contribution is 2.38. The van der Waals surface area contributed by atoms with Crippen LogP contribution in [0.1, 0.15) is 10.6 Å². The average molecular weight is 331 g/mol. The molecule has 0 N–H and O–H groups in total. The van der Waals surface area contributed by atoms with Crippen LogP contribution < -0.4 is 0 Å². The summed E-state index contributed by atoms with van der Waals surface area (Å²) in [6, 6.07) is 7.38. The fourth-order valence-electron chi connectivity index (χ4n) is 2.16. The van der Waals surface area contributed by atoms with Crippen LogP contribution in [0.3, 0.4) is 0 Å². The summed E-state index contributed by atoms with van der Waals surface area (Å²) in [5.74, 6) is 0.766. The Morgan fingerprint density at radius 1 is 1.27 bits per heavy atom. The number of rotatable bonds is 6. The minimum Gasteiger partial charge on any atom is -0.468 e. The van der Waals surface area contributed by atoms with Gasteiger partial charge >= 0.3 is 0 Å². The Morgan fingerprint density at radius 2 is 2.14 bits per heavy atom. The standard InChI is InChI=1S/C16H13NO3S2/c1-2-7-17-15(18)13(12-6-4-9-21-12)14(16(17)19)22-10-11-5-3-8-20-11/h2-6,8-9H,1,7,10H2. The van der Waals surface area contributed by atoms with Crippen LogP contribution >= 0.6 is 23.1 Å². The van der Waals surface area contributed by atoms with E-state index in [1.54, 1.807) is 18.4 Å². The molecule has 2 aromatic rings. The molecule has 0 saturated heterocycles. The molecule has 3 heterocycles. The van der Waals surface area contributed by atoms with E-state index in [1.807, 2.05) is 23.6 Å². The van der Waals surface area contributed by atoms with Gasteiger partial charge in [0.15, 0.2) is 0 Å². The Labute approximate surface area is 136 Å². The van der Waals surface area contributed by atoms with E-state index in [2.05, 4.69) is 6.58 Å². The summed E-state index contributed by atoms with van der Waals surface area (Å²) in [5.41, 5.74) is 0.485. The van der Waals surface area contributed by atoms with E-state index in [9.17, 15) is 9.59 Å². The van der Waals surface area contributed by atoms with Gasteiger partial charge in [0.05, 0.1) is 22.5 Å². The molecule has 1 aliphatic rings. The summed E-state index contributed by atoms with van der Waals surface area (Å²) in [6.07, 6.45) is 3.15. The van der Waals surface area contributed by atoms with Crippen molar-refractivity contribution >= 4 is 40.5 Å². The van der Waals surface area contributed by atoms with Crippen LogP contribution in [0.15, 0.2) is 57.9 Å². The Bertz CT molecular complexity index is 730. The molecule has 2 amide bonds. The Morgan fingerprint density at radius 3 is 2.77 bits per heavy atom. The van der Waals surface area contributed by atoms with Crippen molar-refractivity contribution in [2.75, 3.05) is 6.54 Å². The van der Waals surface area contributed by atoms with Crippen LogP contribution in [0, 0.1) is 0 Å². The smallest absolute Gasteiger partial charge is 0.268 e.